The molecule has 0 aliphatic heterocycles. The number of rotatable bonds is 3. The van der Waals surface area contributed by atoms with Crippen molar-refractivity contribution in [1.29, 1.82) is 0 Å². The van der Waals surface area contributed by atoms with Crippen molar-refractivity contribution in [2.24, 2.45) is 0 Å². The van der Waals surface area contributed by atoms with Gasteiger partial charge in [0, 0.05) is 11.1 Å². The Morgan fingerprint density at radius 1 is 1.19 bits per heavy atom. The minimum absolute atomic E-state index is 0.701. The summed E-state index contributed by atoms with van der Waals surface area (Å²) in [6.45, 7) is 6.90. The molecule has 0 aliphatic rings. The van der Waals surface area contributed by atoms with Crippen LogP contribution in [-0.2, 0) is 6.42 Å². The van der Waals surface area contributed by atoms with Gasteiger partial charge in [0.2, 0.25) is 0 Å². The number of benzene rings is 1. The Kier molecular flexibility index (Phi) is 3.09. The number of pyridine rings is 1. The second-order valence-corrected chi connectivity index (χ2v) is 3.89. The number of fused-ring (bicyclic) bond motifs is 1. The van der Waals surface area contributed by atoms with Crippen LogP contribution < -0.4 is 4.74 Å². The van der Waals surface area contributed by atoms with Crippen LogP contribution in [0.1, 0.15) is 25.1 Å². The maximum absolute atomic E-state index is 5.52. The smallest absolute Gasteiger partial charge is 0.120 e. The molecule has 0 fully saturated rings. The van der Waals surface area contributed by atoms with Gasteiger partial charge in [0.15, 0.2) is 0 Å². The van der Waals surface area contributed by atoms with Crippen LogP contribution in [0, 0.1) is 6.92 Å². The lowest BCUT2D eigenvalue weighted by Crippen LogP contribution is -1.94. The number of hydrogen-bond donors (Lipinski definition) is 0. The van der Waals surface area contributed by atoms with Gasteiger partial charge in [-0.2, -0.15) is 0 Å². The molecule has 0 saturated carbocycles. The SMILES string of the molecule is CCOc1ccc2nc(C)cc(CC)c2c1. The predicted molar refractivity (Wildman–Crippen MR) is 67.0 cm³/mol. The van der Waals surface area contributed by atoms with Gasteiger partial charge in [-0.05, 0) is 50.1 Å². The van der Waals surface area contributed by atoms with Gasteiger partial charge >= 0.3 is 0 Å². The lowest BCUT2D eigenvalue weighted by molar-refractivity contribution is 0.340. The molecule has 0 amide bonds. The molecule has 0 saturated heterocycles. The summed E-state index contributed by atoms with van der Waals surface area (Å²) in [5, 5.41) is 1.21. The summed E-state index contributed by atoms with van der Waals surface area (Å²) >= 11 is 0. The van der Waals surface area contributed by atoms with Crippen molar-refractivity contribution in [3.63, 3.8) is 0 Å². The third kappa shape index (κ3) is 2.01. The standard InChI is InChI=1S/C14H17NO/c1-4-11-8-10(3)15-14-7-6-12(16-5-2)9-13(11)14/h6-9H,4-5H2,1-3H3. The third-order valence-electron chi connectivity index (χ3n) is 2.69. The summed E-state index contributed by atoms with van der Waals surface area (Å²) in [5.41, 5.74) is 3.47. The van der Waals surface area contributed by atoms with Crippen molar-refractivity contribution in [2.45, 2.75) is 27.2 Å². The van der Waals surface area contributed by atoms with E-state index in [0.717, 1.165) is 23.4 Å². The van der Waals surface area contributed by atoms with Crippen molar-refractivity contribution >= 4 is 10.9 Å². The first-order valence-corrected chi connectivity index (χ1v) is 5.77. The largest absolute Gasteiger partial charge is 0.494 e. The van der Waals surface area contributed by atoms with E-state index in [1.54, 1.807) is 0 Å². The summed E-state index contributed by atoms with van der Waals surface area (Å²) in [7, 11) is 0. The molecule has 2 aromatic rings. The van der Waals surface area contributed by atoms with Gasteiger partial charge in [-0.3, -0.25) is 4.98 Å². The minimum Gasteiger partial charge on any atom is -0.494 e. The molecule has 1 aromatic heterocycles. The average Bonchev–Trinajstić information content (AvgIpc) is 2.29. The lowest BCUT2D eigenvalue weighted by Gasteiger charge is -2.08. The fourth-order valence-corrected chi connectivity index (χ4v) is 1.97. The molecule has 2 heteroatoms. The van der Waals surface area contributed by atoms with Crippen molar-refractivity contribution in [3.05, 3.63) is 35.5 Å². The Morgan fingerprint density at radius 3 is 2.69 bits per heavy atom. The number of ether oxygens (including phenoxy) is 1. The van der Waals surface area contributed by atoms with E-state index in [-0.39, 0.29) is 0 Å². The van der Waals surface area contributed by atoms with E-state index in [9.17, 15) is 0 Å². The van der Waals surface area contributed by atoms with Crippen LogP contribution in [0.3, 0.4) is 0 Å². The van der Waals surface area contributed by atoms with E-state index in [1.807, 2.05) is 26.0 Å². The molecule has 0 atom stereocenters. The summed E-state index contributed by atoms with van der Waals surface area (Å²) in [5.74, 6) is 0.926. The summed E-state index contributed by atoms with van der Waals surface area (Å²) in [6, 6.07) is 8.26. The van der Waals surface area contributed by atoms with Gasteiger partial charge in [0.25, 0.3) is 0 Å². The van der Waals surface area contributed by atoms with Gasteiger partial charge in [-0.1, -0.05) is 6.92 Å². The first-order chi connectivity index (χ1) is 7.74. The highest BCUT2D eigenvalue weighted by Crippen LogP contribution is 2.24. The van der Waals surface area contributed by atoms with E-state index in [4.69, 9.17) is 4.74 Å². The molecular weight excluding hydrogens is 198 g/mol. The van der Waals surface area contributed by atoms with E-state index in [2.05, 4.69) is 24.0 Å². The van der Waals surface area contributed by atoms with Crippen molar-refractivity contribution in [1.82, 2.24) is 4.98 Å². The van der Waals surface area contributed by atoms with E-state index >= 15 is 0 Å². The van der Waals surface area contributed by atoms with Gasteiger partial charge in [-0.15, -0.1) is 0 Å². The monoisotopic (exact) mass is 215 g/mol. The molecule has 1 heterocycles. The fourth-order valence-electron chi connectivity index (χ4n) is 1.97. The molecule has 16 heavy (non-hydrogen) atoms. The molecule has 0 unspecified atom stereocenters. The molecule has 0 bridgehead atoms. The highest BCUT2D eigenvalue weighted by molar-refractivity contribution is 5.83. The average molecular weight is 215 g/mol. The number of nitrogens with zero attached hydrogens (tertiary/aromatic N) is 1. The van der Waals surface area contributed by atoms with Crippen LogP contribution in [0.25, 0.3) is 10.9 Å². The van der Waals surface area contributed by atoms with Crippen LogP contribution in [0.2, 0.25) is 0 Å². The van der Waals surface area contributed by atoms with Crippen LogP contribution in [0.5, 0.6) is 5.75 Å². The molecule has 0 N–H and O–H groups in total. The Balaban J connectivity index is 2.61. The first kappa shape index (κ1) is 10.9. The van der Waals surface area contributed by atoms with Crippen LogP contribution in [0.4, 0.5) is 0 Å². The summed E-state index contributed by atoms with van der Waals surface area (Å²) in [4.78, 5) is 4.53. The summed E-state index contributed by atoms with van der Waals surface area (Å²) in [6.07, 6.45) is 1.02. The van der Waals surface area contributed by atoms with Gasteiger partial charge < -0.3 is 4.74 Å². The molecule has 1 aromatic carbocycles. The molecule has 0 aliphatic carbocycles. The lowest BCUT2D eigenvalue weighted by atomic mass is 10.1. The topological polar surface area (TPSA) is 22.1 Å². The Hall–Kier alpha value is -1.57. The number of aromatic nitrogens is 1. The van der Waals surface area contributed by atoms with Gasteiger partial charge in [0.1, 0.15) is 5.75 Å². The van der Waals surface area contributed by atoms with Gasteiger partial charge in [0.05, 0.1) is 12.1 Å². The van der Waals surface area contributed by atoms with Crippen LogP contribution >= 0.6 is 0 Å². The zero-order chi connectivity index (χ0) is 11.5. The number of aryl methyl sites for hydroxylation is 2. The quantitative estimate of drug-likeness (QED) is 0.781. The third-order valence-corrected chi connectivity index (χ3v) is 2.69. The Morgan fingerprint density at radius 2 is 2.00 bits per heavy atom. The zero-order valence-corrected chi connectivity index (χ0v) is 10.1. The van der Waals surface area contributed by atoms with Crippen molar-refractivity contribution < 1.29 is 4.74 Å². The maximum atomic E-state index is 5.52. The van der Waals surface area contributed by atoms with E-state index in [1.165, 1.54) is 10.9 Å². The zero-order valence-electron chi connectivity index (χ0n) is 10.1. The van der Waals surface area contributed by atoms with E-state index < -0.39 is 0 Å². The van der Waals surface area contributed by atoms with E-state index in [0.29, 0.717) is 6.61 Å². The molecule has 2 nitrogen and oxygen atoms in total. The molecular formula is C14H17NO. The molecule has 84 valence electrons. The minimum atomic E-state index is 0.701. The number of hydrogen-bond acceptors (Lipinski definition) is 2. The molecule has 0 radical (unpaired) electrons. The normalized spacial score (nSPS) is 10.7. The first-order valence-electron chi connectivity index (χ1n) is 5.77. The van der Waals surface area contributed by atoms with Crippen molar-refractivity contribution in [2.75, 3.05) is 6.61 Å². The maximum Gasteiger partial charge on any atom is 0.120 e. The Bertz CT molecular complexity index is 505. The van der Waals surface area contributed by atoms with Crippen molar-refractivity contribution in [3.8, 4) is 5.75 Å². The van der Waals surface area contributed by atoms with Crippen LogP contribution in [-0.4, -0.2) is 11.6 Å². The summed E-state index contributed by atoms with van der Waals surface area (Å²) < 4.78 is 5.52. The fraction of sp³-hybridized carbons (Fsp3) is 0.357. The second kappa shape index (κ2) is 4.52. The van der Waals surface area contributed by atoms with Crippen LogP contribution in [0.15, 0.2) is 24.3 Å². The predicted octanol–water partition coefficient (Wildman–Crippen LogP) is 3.50. The second-order valence-electron chi connectivity index (χ2n) is 3.89. The molecule has 0 spiro atoms. The highest BCUT2D eigenvalue weighted by Gasteiger charge is 2.04. The Labute approximate surface area is 96.3 Å². The van der Waals surface area contributed by atoms with Gasteiger partial charge in [-0.25, -0.2) is 0 Å². The highest BCUT2D eigenvalue weighted by atomic mass is 16.5. The molecule has 2 rings (SSSR count).